The van der Waals surface area contributed by atoms with Crippen molar-refractivity contribution in [3.8, 4) is 0 Å². The molecule has 0 aliphatic rings. The van der Waals surface area contributed by atoms with Gasteiger partial charge in [-0.3, -0.25) is 19.5 Å². The second-order valence-electron chi connectivity index (χ2n) is 6.41. The second-order valence-corrected chi connectivity index (χ2v) is 8.10. The molecular weight excluding hydrogens is 429 g/mol. The van der Waals surface area contributed by atoms with E-state index in [1.165, 1.54) is 23.1 Å². The van der Waals surface area contributed by atoms with Crippen LogP contribution in [-0.4, -0.2) is 33.1 Å². The van der Waals surface area contributed by atoms with Crippen molar-refractivity contribution in [2.24, 2.45) is 7.05 Å². The number of anilines is 3. The van der Waals surface area contributed by atoms with E-state index >= 15 is 0 Å². The number of benzene rings is 2. The van der Waals surface area contributed by atoms with E-state index in [0.717, 1.165) is 12.1 Å². The van der Waals surface area contributed by atoms with Crippen molar-refractivity contribution in [2.45, 2.75) is 4.90 Å². The number of sulfonamides is 1. The highest BCUT2D eigenvalue weighted by Crippen LogP contribution is 2.29. The smallest absolute Gasteiger partial charge is 0.306 e. The second kappa shape index (κ2) is 7.60. The normalized spacial score (nSPS) is 11.4. The molecule has 158 valence electrons. The number of nitro groups is 1. The molecule has 2 N–H and O–H groups in total. The third-order valence-electron chi connectivity index (χ3n) is 4.20. The molecule has 0 aliphatic carbocycles. The summed E-state index contributed by atoms with van der Waals surface area (Å²) in [5.41, 5.74) is 0.253. The van der Waals surface area contributed by atoms with Gasteiger partial charge >= 0.3 is 5.69 Å². The molecule has 0 bridgehead atoms. The van der Waals surface area contributed by atoms with E-state index in [1.807, 2.05) is 0 Å². The van der Waals surface area contributed by atoms with Crippen LogP contribution in [0.4, 0.5) is 27.4 Å². The number of hydrogen-bond acceptors (Lipinski definition) is 8. The molecular formula is C18H14FN7O4S. The molecule has 0 amide bonds. The van der Waals surface area contributed by atoms with Gasteiger partial charge in [-0.15, -0.1) is 0 Å². The van der Waals surface area contributed by atoms with E-state index in [-0.39, 0.29) is 22.2 Å². The molecule has 0 radical (unpaired) electrons. The van der Waals surface area contributed by atoms with E-state index in [2.05, 4.69) is 25.1 Å². The maximum absolute atomic E-state index is 13.7. The molecule has 11 nitrogen and oxygen atoms in total. The van der Waals surface area contributed by atoms with Gasteiger partial charge in [0.05, 0.1) is 22.2 Å². The molecule has 0 spiro atoms. The minimum absolute atomic E-state index is 0.0212. The number of halogens is 1. The highest BCUT2D eigenvalue weighted by molar-refractivity contribution is 7.92. The maximum atomic E-state index is 13.7. The van der Waals surface area contributed by atoms with Crippen LogP contribution in [0.2, 0.25) is 0 Å². The summed E-state index contributed by atoms with van der Waals surface area (Å²) in [6.45, 7) is 0. The van der Waals surface area contributed by atoms with Crippen molar-refractivity contribution in [3.05, 3.63) is 70.8 Å². The molecule has 0 saturated carbocycles. The van der Waals surface area contributed by atoms with E-state index in [9.17, 15) is 22.9 Å². The first-order chi connectivity index (χ1) is 14.7. The number of rotatable bonds is 6. The Morgan fingerprint density at radius 2 is 1.77 bits per heavy atom. The standard InChI is InChI=1S/C18H14FN7O4S/c1-25-10-12(9-20-25)31(29,30)24-18-17(22-14-4-2-3-5-15(14)23-18)21-11-6-7-13(19)16(8-11)26(27)28/h2-10H,1H3,(H,21,22)(H,23,24). The lowest BCUT2D eigenvalue weighted by molar-refractivity contribution is -0.387. The largest absolute Gasteiger partial charge is 0.337 e. The molecule has 0 saturated heterocycles. The fourth-order valence-electron chi connectivity index (χ4n) is 2.75. The van der Waals surface area contributed by atoms with E-state index < -0.39 is 26.5 Å². The molecule has 2 aromatic heterocycles. The fourth-order valence-corrected chi connectivity index (χ4v) is 3.74. The number of nitrogens with zero attached hydrogens (tertiary/aromatic N) is 5. The van der Waals surface area contributed by atoms with Gasteiger partial charge in [-0.25, -0.2) is 18.4 Å². The van der Waals surface area contributed by atoms with Crippen molar-refractivity contribution in [2.75, 3.05) is 10.0 Å². The van der Waals surface area contributed by atoms with Crippen molar-refractivity contribution in [1.29, 1.82) is 0 Å². The van der Waals surface area contributed by atoms with Crippen LogP contribution in [0, 0.1) is 15.9 Å². The van der Waals surface area contributed by atoms with Gasteiger partial charge in [0.15, 0.2) is 11.6 Å². The summed E-state index contributed by atoms with van der Waals surface area (Å²) in [7, 11) is -2.48. The molecule has 0 unspecified atom stereocenters. The van der Waals surface area contributed by atoms with Crippen LogP contribution in [0.5, 0.6) is 0 Å². The topological polar surface area (TPSA) is 145 Å². The fraction of sp³-hybridized carbons (Fsp3) is 0.0556. The summed E-state index contributed by atoms with van der Waals surface area (Å²) in [5.74, 6) is -1.17. The Morgan fingerprint density at radius 3 is 2.39 bits per heavy atom. The van der Waals surface area contributed by atoms with Crippen LogP contribution in [0.15, 0.2) is 59.8 Å². The Morgan fingerprint density at radius 1 is 1.10 bits per heavy atom. The first kappa shape index (κ1) is 20.2. The van der Waals surface area contributed by atoms with Crippen molar-refractivity contribution < 1.29 is 17.7 Å². The number of nitrogens with one attached hydrogen (secondary N) is 2. The van der Waals surface area contributed by atoms with Crippen molar-refractivity contribution >= 4 is 44.1 Å². The maximum Gasteiger partial charge on any atom is 0.306 e. The van der Waals surface area contributed by atoms with Gasteiger partial charge in [0, 0.05) is 25.0 Å². The number of aromatic nitrogens is 4. The summed E-state index contributed by atoms with van der Waals surface area (Å²) in [6.07, 6.45) is 2.49. The number of aryl methyl sites for hydroxylation is 1. The van der Waals surface area contributed by atoms with Gasteiger partial charge in [-0.2, -0.15) is 9.49 Å². The van der Waals surface area contributed by atoms with E-state index in [4.69, 9.17) is 0 Å². The van der Waals surface area contributed by atoms with Crippen LogP contribution in [0.25, 0.3) is 11.0 Å². The Labute approximate surface area is 174 Å². The third-order valence-corrected chi connectivity index (χ3v) is 5.49. The quantitative estimate of drug-likeness (QED) is 0.342. The zero-order valence-corrected chi connectivity index (χ0v) is 16.7. The molecule has 0 fully saturated rings. The molecule has 13 heteroatoms. The summed E-state index contributed by atoms with van der Waals surface area (Å²) in [6, 6.07) is 9.92. The van der Waals surface area contributed by atoms with E-state index in [1.54, 1.807) is 31.3 Å². The number of para-hydroxylation sites is 2. The van der Waals surface area contributed by atoms with Crippen LogP contribution in [0.1, 0.15) is 0 Å². The first-order valence-electron chi connectivity index (χ1n) is 8.72. The van der Waals surface area contributed by atoms with Crippen molar-refractivity contribution in [3.63, 3.8) is 0 Å². The van der Waals surface area contributed by atoms with Gasteiger partial charge in [0.25, 0.3) is 10.0 Å². The van der Waals surface area contributed by atoms with Gasteiger partial charge in [0.1, 0.15) is 4.90 Å². The predicted octanol–water partition coefficient (Wildman–Crippen LogP) is 2.96. The van der Waals surface area contributed by atoms with Crippen LogP contribution >= 0.6 is 0 Å². The summed E-state index contributed by atoms with van der Waals surface area (Å²) >= 11 is 0. The lowest BCUT2D eigenvalue weighted by Gasteiger charge is -2.13. The van der Waals surface area contributed by atoms with Gasteiger partial charge in [0.2, 0.25) is 5.82 Å². The molecule has 2 aromatic carbocycles. The predicted molar refractivity (Wildman–Crippen MR) is 110 cm³/mol. The first-order valence-corrected chi connectivity index (χ1v) is 10.2. The summed E-state index contributed by atoms with van der Waals surface area (Å²) in [4.78, 5) is 18.8. The van der Waals surface area contributed by atoms with Crippen molar-refractivity contribution in [1.82, 2.24) is 19.7 Å². The van der Waals surface area contributed by atoms with Crippen LogP contribution < -0.4 is 10.0 Å². The molecule has 2 heterocycles. The third kappa shape index (κ3) is 4.11. The number of fused-ring (bicyclic) bond motifs is 1. The van der Waals surface area contributed by atoms with Gasteiger partial charge < -0.3 is 5.32 Å². The zero-order chi connectivity index (χ0) is 22.2. The number of hydrogen-bond donors (Lipinski definition) is 2. The Hall–Kier alpha value is -4.13. The number of nitro benzene ring substituents is 1. The Balaban J connectivity index is 1.79. The van der Waals surface area contributed by atoms with Gasteiger partial charge in [-0.05, 0) is 24.3 Å². The highest BCUT2D eigenvalue weighted by atomic mass is 32.2. The highest BCUT2D eigenvalue weighted by Gasteiger charge is 2.21. The average Bonchev–Trinajstić information content (AvgIpc) is 3.17. The molecule has 31 heavy (non-hydrogen) atoms. The molecule has 0 aliphatic heterocycles. The Bertz CT molecular complexity index is 1420. The average molecular weight is 443 g/mol. The monoisotopic (exact) mass is 443 g/mol. The molecule has 0 atom stereocenters. The Kier molecular flexibility index (Phi) is 4.94. The SMILES string of the molecule is Cn1cc(S(=O)(=O)Nc2nc3ccccc3nc2Nc2ccc(F)c([N+](=O)[O-])c2)cn1. The summed E-state index contributed by atoms with van der Waals surface area (Å²) < 4.78 is 42.8. The van der Waals surface area contributed by atoms with Crippen LogP contribution in [-0.2, 0) is 17.1 Å². The lowest BCUT2D eigenvalue weighted by atomic mass is 10.2. The van der Waals surface area contributed by atoms with Gasteiger partial charge in [-0.1, -0.05) is 12.1 Å². The van der Waals surface area contributed by atoms with E-state index in [0.29, 0.717) is 11.0 Å². The lowest BCUT2D eigenvalue weighted by Crippen LogP contribution is -2.15. The van der Waals surface area contributed by atoms with Crippen LogP contribution in [0.3, 0.4) is 0 Å². The zero-order valence-electron chi connectivity index (χ0n) is 15.9. The summed E-state index contributed by atoms with van der Waals surface area (Å²) in [5, 5.41) is 17.6. The molecule has 4 aromatic rings. The molecule has 4 rings (SSSR count). The minimum Gasteiger partial charge on any atom is -0.337 e. The minimum atomic E-state index is -4.05.